The number of hydrogen-bond donors (Lipinski definition) is 4. The van der Waals surface area contributed by atoms with Gasteiger partial charge >= 0.3 is 6.03 Å². The average Bonchev–Trinajstić information content (AvgIpc) is 3.32. The fraction of sp³-hybridized carbons (Fsp3) is 0.211. The van der Waals surface area contributed by atoms with E-state index in [9.17, 15) is 9.59 Å². The molecule has 0 bridgehead atoms. The second kappa shape index (κ2) is 6.87. The summed E-state index contributed by atoms with van der Waals surface area (Å²) in [5.74, 6) is -0.161. The highest BCUT2D eigenvalue weighted by molar-refractivity contribution is 5.97. The number of hydrogen-bond acceptors (Lipinski definition) is 3. The van der Waals surface area contributed by atoms with Crippen LogP contribution >= 0.6 is 0 Å². The predicted molar refractivity (Wildman–Crippen MR) is 98.9 cm³/mol. The van der Waals surface area contributed by atoms with Crippen LogP contribution in [0, 0.1) is 0 Å². The summed E-state index contributed by atoms with van der Waals surface area (Å²) in [7, 11) is 0. The van der Waals surface area contributed by atoms with Crippen molar-refractivity contribution in [1.29, 1.82) is 0 Å². The Labute approximate surface area is 150 Å². The lowest BCUT2D eigenvalue weighted by Gasteiger charge is -2.09. The molecule has 3 amide bonds. The van der Waals surface area contributed by atoms with Gasteiger partial charge in [-0.05, 0) is 48.7 Å². The largest absolute Gasteiger partial charge is 0.348 e. The van der Waals surface area contributed by atoms with Crippen LogP contribution in [-0.2, 0) is 6.54 Å². The highest BCUT2D eigenvalue weighted by atomic mass is 16.2. The second-order valence-electron chi connectivity index (χ2n) is 6.39. The maximum atomic E-state index is 12.3. The molecule has 132 valence electrons. The first-order valence-electron chi connectivity index (χ1n) is 8.55. The molecule has 4 N–H and O–H groups in total. The zero-order valence-electron chi connectivity index (χ0n) is 14.1. The molecule has 2 aromatic carbocycles. The van der Waals surface area contributed by atoms with Crippen molar-refractivity contribution in [3.63, 3.8) is 0 Å². The average molecular weight is 349 g/mol. The number of fused-ring (bicyclic) bond motifs is 1. The third-order valence-corrected chi connectivity index (χ3v) is 4.23. The van der Waals surface area contributed by atoms with Gasteiger partial charge in [-0.15, -0.1) is 0 Å². The quantitative estimate of drug-likeness (QED) is 0.570. The van der Waals surface area contributed by atoms with Crippen molar-refractivity contribution < 1.29 is 9.59 Å². The van der Waals surface area contributed by atoms with E-state index in [0.29, 0.717) is 23.8 Å². The molecular weight excluding hydrogens is 330 g/mol. The Hall–Kier alpha value is -3.35. The summed E-state index contributed by atoms with van der Waals surface area (Å²) in [5.41, 5.74) is 3.83. The summed E-state index contributed by atoms with van der Waals surface area (Å²) >= 11 is 0. The Morgan fingerprint density at radius 3 is 2.88 bits per heavy atom. The predicted octanol–water partition coefficient (Wildman–Crippen LogP) is 2.78. The number of carbonyl (C=O) groups is 2. The number of H-pyrrole nitrogens is 1. The Bertz CT molecular complexity index is 961. The fourth-order valence-electron chi connectivity index (χ4n) is 2.70. The van der Waals surface area contributed by atoms with Gasteiger partial charge in [-0.1, -0.05) is 12.1 Å². The molecule has 1 aliphatic rings. The summed E-state index contributed by atoms with van der Waals surface area (Å²) in [6, 6.07) is 12.9. The minimum Gasteiger partial charge on any atom is -0.348 e. The molecule has 0 atom stereocenters. The molecule has 7 heteroatoms. The normalized spacial score (nSPS) is 13.4. The number of nitrogens with one attached hydrogen (secondary N) is 4. The summed E-state index contributed by atoms with van der Waals surface area (Å²) < 4.78 is 0. The minimum absolute atomic E-state index is 0.161. The number of anilines is 1. The van der Waals surface area contributed by atoms with Gasteiger partial charge in [-0.2, -0.15) is 0 Å². The summed E-state index contributed by atoms with van der Waals surface area (Å²) in [4.78, 5) is 31.3. The number of carbonyl (C=O) groups excluding carboxylic acids is 2. The number of nitrogens with zero attached hydrogens (tertiary/aromatic N) is 1. The lowest BCUT2D eigenvalue weighted by atomic mass is 10.1. The number of benzene rings is 2. The van der Waals surface area contributed by atoms with Gasteiger partial charge in [0.15, 0.2) is 0 Å². The van der Waals surface area contributed by atoms with Crippen molar-refractivity contribution in [3.05, 3.63) is 59.9 Å². The molecule has 1 saturated carbocycles. The van der Waals surface area contributed by atoms with Crippen molar-refractivity contribution in [2.45, 2.75) is 25.4 Å². The zero-order valence-corrected chi connectivity index (χ0v) is 14.1. The Balaban J connectivity index is 1.36. The first-order valence-corrected chi connectivity index (χ1v) is 8.55. The van der Waals surface area contributed by atoms with Gasteiger partial charge in [0.05, 0.1) is 17.4 Å². The van der Waals surface area contributed by atoms with Gasteiger partial charge in [-0.3, -0.25) is 4.79 Å². The molecule has 0 radical (unpaired) electrons. The van der Waals surface area contributed by atoms with Gasteiger partial charge in [-0.25, -0.2) is 9.78 Å². The van der Waals surface area contributed by atoms with Crippen molar-refractivity contribution in [2.75, 3.05) is 5.32 Å². The molecule has 3 aromatic rings. The van der Waals surface area contributed by atoms with E-state index in [-0.39, 0.29) is 11.9 Å². The lowest BCUT2D eigenvalue weighted by Crippen LogP contribution is -2.30. The molecule has 26 heavy (non-hydrogen) atoms. The number of urea groups is 1. The molecule has 0 saturated heterocycles. The van der Waals surface area contributed by atoms with Gasteiger partial charge in [0.25, 0.3) is 5.91 Å². The molecule has 0 spiro atoms. The third kappa shape index (κ3) is 3.83. The molecule has 1 heterocycles. The van der Waals surface area contributed by atoms with Gasteiger partial charge in [0.1, 0.15) is 0 Å². The second-order valence-corrected chi connectivity index (χ2v) is 6.39. The van der Waals surface area contributed by atoms with E-state index in [4.69, 9.17) is 0 Å². The topological polar surface area (TPSA) is 98.9 Å². The summed E-state index contributed by atoms with van der Waals surface area (Å²) in [5, 5.41) is 8.59. The molecule has 7 nitrogen and oxygen atoms in total. The maximum absolute atomic E-state index is 12.3. The molecule has 1 aliphatic carbocycles. The van der Waals surface area contributed by atoms with Crippen molar-refractivity contribution in [3.8, 4) is 0 Å². The SMILES string of the molecule is O=C(Nc1cccc(CNC(=O)c2ccc3nc[nH]c3c2)c1)NC1CC1. The molecule has 4 rings (SSSR count). The van der Waals surface area contributed by atoms with Crippen molar-refractivity contribution in [1.82, 2.24) is 20.6 Å². The third-order valence-electron chi connectivity index (χ3n) is 4.23. The number of aromatic amines is 1. The van der Waals surface area contributed by atoms with E-state index >= 15 is 0 Å². The number of imidazole rings is 1. The lowest BCUT2D eigenvalue weighted by molar-refractivity contribution is 0.0951. The van der Waals surface area contributed by atoms with Crippen LogP contribution in [0.4, 0.5) is 10.5 Å². The first kappa shape index (κ1) is 16.1. The van der Waals surface area contributed by atoms with Gasteiger partial charge in [0, 0.05) is 23.8 Å². The fourth-order valence-corrected chi connectivity index (χ4v) is 2.70. The van der Waals surface area contributed by atoms with Gasteiger partial charge in [0.2, 0.25) is 0 Å². The highest BCUT2D eigenvalue weighted by Gasteiger charge is 2.23. The van der Waals surface area contributed by atoms with E-state index in [1.54, 1.807) is 18.5 Å². The number of aromatic nitrogens is 2. The van der Waals surface area contributed by atoms with E-state index < -0.39 is 0 Å². The molecule has 0 unspecified atom stereocenters. The molecule has 0 aliphatic heterocycles. The number of rotatable bonds is 5. The standard InChI is InChI=1S/C19H19N5O2/c25-18(13-4-7-16-17(9-13)22-11-21-16)20-10-12-2-1-3-15(8-12)24-19(26)23-14-5-6-14/h1-4,7-9,11,14H,5-6,10H2,(H,20,25)(H,21,22)(H2,23,24,26). The minimum atomic E-state index is -0.193. The van der Waals surface area contributed by atoms with Gasteiger partial charge < -0.3 is 20.9 Å². The summed E-state index contributed by atoms with van der Waals surface area (Å²) in [6.45, 7) is 0.375. The zero-order chi connectivity index (χ0) is 17.9. The van der Waals surface area contributed by atoms with Crippen LogP contribution < -0.4 is 16.0 Å². The van der Waals surface area contributed by atoms with Crippen LogP contribution in [0.1, 0.15) is 28.8 Å². The monoisotopic (exact) mass is 349 g/mol. The van der Waals surface area contributed by atoms with Crippen LogP contribution in [0.3, 0.4) is 0 Å². The van der Waals surface area contributed by atoms with Crippen LogP contribution in [0.25, 0.3) is 11.0 Å². The van der Waals surface area contributed by atoms with E-state index in [2.05, 4.69) is 25.9 Å². The Morgan fingerprint density at radius 1 is 1.15 bits per heavy atom. The smallest absolute Gasteiger partial charge is 0.319 e. The van der Waals surface area contributed by atoms with Crippen LogP contribution in [0.15, 0.2) is 48.8 Å². The van der Waals surface area contributed by atoms with E-state index in [1.165, 1.54) is 0 Å². The Morgan fingerprint density at radius 2 is 2.04 bits per heavy atom. The van der Waals surface area contributed by atoms with Crippen molar-refractivity contribution >= 4 is 28.7 Å². The van der Waals surface area contributed by atoms with E-state index in [0.717, 1.165) is 29.4 Å². The van der Waals surface area contributed by atoms with Crippen LogP contribution in [-0.4, -0.2) is 27.9 Å². The summed E-state index contributed by atoms with van der Waals surface area (Å²) in [6.07, 6.45) is 3.69. The molecule has 1 aromatic heterocycles. The first-order chi connectivity index (χ1) is 12.7. The molecule has 1 fully saturated rings. The van der Waals surface area contributed by atoms with Crippen LogP contribution in [0.2, 0.25) is 0 Å². The van der Waals surface area contributed by atoms with Crippen molar-refractivity contribution in [2.24, 2.45) is 0 Å². The Kier molecular flexibility index (Phi) is 4.27. The van der Waals surface area contributed by atoms with E-state index in [1.807, 2.05) is 30.3 Å². The maximum Gasteiger partial charge on any atom is 0.319 e. The van der Waals surface area contributed by atoms with Crippen LogP contribution in [0.5, 0.6) is 0 Å². The highest BCUT2D eigenvalue weighted by Crippen LogP contribution is 2.19. The number of amides is 3. The molecular formula is C19H19N5O2.